The van der Waals surface area contributed by atoms with Crippen molar-refractivity contribution in [1.29, 1.82) is 0 Å². The van der Waals surface area contributed by atoms with Gasteiger partial charge >= 0.3 is 0 Å². The third-order valence-electron chi connectivity index (χ3n) is 4.40. The highest BCUT2D eigenvalue weighted by molar-refractivity contribution is 9.10. The van der Waals surface area contributed by atoms with Gasteiger partial charge in [0.05, 0.1) is 0 Å². The van der Waals surface area contributed by atoms with Gasteiger partial charge in [-0.05, 0) is 61.2 Å². The number of nitrogens with zero attached hydrogens (tertiary/aromatic N) is 1. The average molecular weight is 345 g/mol. The number of halogens is 1. The second-order valence-corrected chi connectivity index (χ2v) is 6.64. The SMILES string of the molecule is CCNC(c1cc(Br)ccc1C)C1CCc2cccnc21. The molecule has 1 heterocycles. The molecule has 2 atom stereocenters. The van der Waals surface area contributed by atoms with Crippen molar-refractivity contribution in [2.75, 3.05) is 6.54 Å². The molecule has 2 unspecified atom stereocenters. The zero-order valence-electron chi connectivity index (χ0n) is 12.6. The first-order chi connectivity index (χ1) is 10.2. The topological polar surface area (TPSA) is 24.9 Å². The monoisotopic (exact) mass is 344 g/mol. The fourth-order valence-electron chi connectivity index (χ4n) is 3.40. The number of likely N-dealkylation sites (N-methyl/N-ethyl adjacent to an activating group) is 1. The van der Waals surface area contributed by atoms with E-state index in [0.29, 0.717) is 12.0 Å². The lowest BCUT2D eigenvalue weighted by molar-refractivity contribution is 0.445. The average Bonchev–Trinajstić information content (AvgIpc) is 2.91. The Bertz CT molecular complexity index is 639. The summed E-state index contributed by atoms with van der Waals surface area (Å²) in [6.45, 7) is 5.34. The molecule has 3 rings (SSSR count). The van der Waals surface area contributed by atoms with Crippen molar-refractivity contribution in [3.05, 3.63) is 63.4 Å². The van der Waals surface area contributed by atoms with E-state index in [1.165, 1.54) is 28.8 Å². The van der Waals surface area contributed by atoms with E-state index >= 15 is 0 Å². The van der Waals surface area contributed by atoms with E-state index in [2.05, 4.69) is 64.3 Å². The van der Waals surface area contributed by atoms with E-state index in [4.69, 9.17) is 0 Å². The normalized spacial score (nSPS) is 18.5. The van der Waals surface area contributed by atoms with Crippen molar-refractivity contribution in [1.82, 2.24) is 10.3 Å². The van der Waals surface area contributed by atoms with Gasteiger partial charge in [0.25, 0.3) is 0 Å². The first-order valence-electron chi connectivity index (χ1n) is 7.64. The van der Waals surface area contributed by atoms with E-state index in [1.807, 2.05) is 12.3 Å². The number of hydrogen-bond donors (Lipinski definition) is 1. The zero-order chi connectivity index (χ0) is 14.8. The highest BCUT2D eigenvalue weighted by Gasteiger charge is 2.32. The van der Waals surface area contributed by atoms with Crippen molar-refractivity contribution in [2.45, 2.75) is 38.6 Å². The highest BCUT2D eigenvalue weighted by Crippen LogP contribution is 2.41. The Balaban J connectivity index is 2.01. The third kappa shape index (κ3) is 2.90. The molecule has 0 saturated heterocycles. The molecule has 3 heteroatoms. The van der Waals surface area contributed by atoms with Crippen LogP contribution in [0.3, 0.4) is 0 Å². The summed E-state index contributed by atoms with van der Waals surface area (Å²) in [6, 6.07) is 11.2. The van der Waals surface area contributed by atoms with Crippen molar-refractivity contribution < 1.29 is 0 Å². The minimum atomic E-state index is 0.337. The van der Waals surface area contributed by atoms with Crippen molar-refractivity contribution in [3.8, 4) is 0 Å². The Kier molecular flexibility index (Phi) is 4.41. The lowest BCUT2D eigenvalue weighted by Crippen LogP contribution is -2.27. The molecule has 1 aromatic carbocycles. The quantitative estimate of drug-likeness (QED) is 0.880. The molecule has 2 nitrogen and oxygen atoms in total. The molecule has 0 spiro atoms. The van der Waals surface area contributed by atoms with Crippen LogP contribution in [0.15, 0.2) is 41.0 Å². The second-order valence-electron chi connectivity index (χ2n) is 5.73. The van der Waals surface area contributed by atoms with Crippen molar-refractivity contribution in [3.63, 3.8) is 0 Å². The molecule has 0 fully saturated rings. The summed E-state index contributed by atoms with van der Waals surface area (Å²) < 4.78 is 1.14. The molecule has 1 aliphatic rings. The molecule has 0 bridgehead atoms. The predicted octanol–water partition coefficient (Wildman–Crippen LogP) is 4.53. The smallest absolute Gasteiger partial charge is 0.0485 e. The van der Waals surface area contributed by atoms with Crippen LogP contribution in [0.25, 0.3) is 0 Å². The molecule has 1 aromatic heterocycles. The minimum Gasteiger partial charge on any atom is -0.310 e. The Morgan fingerprint density at radius 2 is 2.24 bits per heavy atom. The van der Waals surface area contributed by atoms with Gasteiger partial charge in [0.15, 0.2) is 0 Å². The lowest BCUT2D eigenvalue weighted by atomic mass is 9.88. The van der Waals surface area contributed by atoms with Gasteiger partial charge in [0.1, 0.15) is 0 Å². The molecule has 1 N–H and O–H groups in total. The zero-order valence-corrected chi connectivity index (χ0v) is 14.2. The summed E-state index contributed by atoms with van der Waals surface area (Å²) in [5.41, 5.74) is 5.42. The van der Waals surface area contributed by atoms with Crippen LogP contribution in [0.2, 0.25) is 0 Å². The van der Waals surface area contributed by atoms with Gasteiger partial charge < -0.3 is 5.32 Å². The summed E-state index contributed by atoms with van der Waals surface area (Å²) in [4.78, 5) is 4.67. The molecule has 110 valence electrons. The summed E-state index contributed by atoms with van der Waals surface area (Å²) in [7, 11) is 0. The van der Waals surface area contributed by atoms with Gasteiger partial charge in [-0.2, -0.15) is 0 Å². The fourth-order valence-corrected chi connectivity index (χ4v) is 3.78. The number of pyridine rings is 1. The van der Waals surface area contributed by atoms with Crippen LogP contribution >= 0.6 is 15.9 Å². The van der Waals surface area contributed by atoms with Crippen molar-refractivity contribution in [2.24, 2.45) is 0 Å². The largest absolute Gasteiger partial charge is 0.310 e. The van der Waals surface area contributed by atoms with Crippen LogP contribution < -0.4 is 5.32 Å². The number of nitrogens with one attached hydrogen (secondary N) is 1. The van der Waals surface area contributed by atoms with Crippen LogP contribution in [0.5, 0.6) is 0 Å². The minimum absolute atomic E-state index is 0.337. The molecule has 0 aliphatic heterocycles. The summed E-state index contributed by atoms with van der Waals surface area (Å²) in [6.07, 6.45) is 4.24. The number of benzene rings is 1. The molecule has 1 aliphatic carbocycles. The van der Waals surface area contributed by atoms with Crippen LogP contribution in [0.4, 0.5) is 0 Å². The van der Waals surface area contributed by atoms with E-state index in [9.17, 15) is 0 Å². The molecule has 0 radical (unpaired) electrons. The highest BCUT2D eigenvalue weighted by atomic mass is 79.9. The molecular weight excluding hydrogens is 324 g/mol. The van der Waals surface area contributed by atoms with Gasteiger partial charge in [-0.25, -0.2) is 0 Å². The maximum Gasteiger partial charge on any atom is 0.0485 e. The Morgan fingerprint density at radius 1 is 1.38 bits per heavy atom. The van der Waals surface area contributed by atoms with E-state index in [0.717, 1.165) is 17.4 Å². The number of fused-ring (bicyclic) bond motifs is 1. The van der Waals surface area contributed by atoms with Gasteiger partial charge in [0, 0.05) is 28.3 Å². The summed E-state index contributed by atoms with van der Waals surface area (Å²) in [5, 5.41) is 3.69. The summed E-state index contributed by atoms with van der Waals surface area (Å²) in [5.74, 6) is 0.467. The van der Waals surface area contributed by atoms with Crippen LogP contribution in [0.1, 0.15) is 47.7 Å². The number of aromatic nitrogens is 1. The first-order valence-corrected chi connectivity index (χ1v) is 8.43. The molecule has 2 aromatic rings. The third-order valence-corrected chi connectivity index (χ3v) is 4.90. The summed E-state index contributed by atoms with van der Waals surface area (Å²) >= 11 is 3.61. The van der Waals surface area contributed by atoms with E-state index in [1.54, 1.807) is 0 Å². The predicted molar refractivity (Wildman–Crippen MR) is 90.6 cm³/mol. The maximum atomic E-state index is 4.67. The molecular formula is C18H21BrN2. The Morgan fingerprint density at radius 3 is 3.05 bits per heavy atom. The number of hydrogen-bond acceptors (Lipinski definition) is 2. The van der Waals surface area contributed by atoms with Gasteiger partial charge in [-0.3, -0.25) is 4.98 Å². The van der Waals surface area contributed by atoms with Crippen molar-refractivity contribution >= 4 is 15.9 Å². The van der Waals surface area contributed by atoms with Gasteiger partial charge in [-0.1, -0.05) is 35.0 Å². The van der Waals surface area contributed by atoms with Crippen LogP contribution in [-0.2, 0) is 6.42 Å². The van der Waals surface area contributed by atoms with E-state index in [-0.39, 0.29) is 0 Å². The molecule has 0 saturated carbocycles. The number of rotatable bonds is 4. The van der Waals surface area contributed by atoms with Gasteiger partial charge in [-0.15, -0.1) is 0 Å². The second kappa shape index (κ2) is 6.29. The Hall–Kier alpha value is -1.19. The molecule has 0 amide bonds. The first kappa shape index (κ1) is 14.7. The number of aryl methyl sites for hydroxylation is 2. The van der Waals surface area contributed by atoms with E-state index < -0.39 is 0 Å². The van der Waals surface area contributed by atoms with Gasteiger partial charge in [0.2, 0.25) is 0 Å². The van der Waals surface area contributed by atoms with Crippen LogP contribution in [-0.4, -0.2) is 11.5 Å². The lowest BCUT2D eigenvalue weighted by Gasteiger charge is -2.27. The fraction of sp³-hybridized carbons (Fsp3) is 0.389. The molecule has 21 heavy (non-hydrogen) atoms. The maximum absolute atomic E-state index is 4.67. The standard InChI is InChI=1S/C18H21BrN2/c1-3-20-18(16-11-14(19)8-6-12(16)2)15-9-7-13-5-4-10-21-17(13)15/h4-6,8,10-11,15,18,20H,3,7,9H2,1-2H3. The van der Waals surface area contributed by atoms with Crippen LogP contribution in [0, 0.1) is 6.92 Å². The Labute approximate surface area is 135 Å².